The lowest BCUT2D eigenvalue weighted by Crippen LogP contribution is -2.24. The van der Waals surface area contributed by atoms with E-state index in [2.05, 4.69) is 21.1 Å². The van der Waals surface area contributed by atoms with E-state index in [9.17, 15) is 4.79 Å². The summed E-state index contributed by atoms with van der Waals surface area (Å²) in [6, 6.07) is 2.23. The highest BCUT2D eigenvalue weighted by atomic mass is 32.2. The number of nitrogens with one attached hydrogen (secondary N) is 2. The van der Waals surface area contributed by atoms with Crippen molar-refractivity contribution in [2.45, 2.75) is 49.7 Å². The first-order valence-corrected chi connectivity index (χ1v) is 9.67. The van der Waals surface area contributed by atoms with Crippen LogP contribution in [0, 0.1) is 6.92 Å². The molecule has 0 bridgehead atoms. The van der Waals surface area contributed by atoms with Gasteiger partial charge in [-0.3, -0.25) is 4.72 Å². The lowest BCUT2D eigenvalue weighted by molar-refractivity contribution is 0.257. The van der Waals surface area contributed by atoms with E-state index in [1.165, 1.54) is 47.0 Å². The molecule has 0 saturated heterocycles. The van der Waals surface area contributed by atoms with Crippen LogP contribution in [0.25, 0.3) is 0 Å². The van der Waals surface area contributed by atoms with Gasteiger partial charge in [0.25, 0.3) is 0 Å². The molecule has 0 atom stereocenters. The summed E-state index contributed by atoms with van der Waals surface area (Å²) in [6.07, 6.45) is 8.65. The molecule has 23 heavy (non-hydrogen) atoms. The maximum atomic E-state index is 12.3. The fourth-order valence-electron chi connectivity index (χ4n) is 3.59. The predicted molar refractivity (Wildman–Crippen MR) is 95.4 cm³/mol. The van der Waals surface area contributed by atoms with Crippen molar-refractivity contribution in [2.24, 2.45) is 0 Å². The molecule has 4 nitrogen and oxygen atoms in total. The smallest absolute Gasteiger partial charge is 0.307 e. The van der Waals surface area contributed by atoms with Gasteiger partial charge in [0.1, 0.15) is 4.21 Å². The van der Waals surface area contributed by atoms with Crippen LogP contribution in [0.5, 0.6) is 0 Å². The first-order chi connectivity index (χ1) is 11.2. The Labute approximate surface area is 144 Å². The van der Waals surface area contributed by atoms with Crippen LogP contribution in [0.2, 0.25) is 0 Å². The highest BCUT2D eigenvalue weighted by molar-refractivity contribution is 7.99. The molecule has 2 aliphatic rings. The van der Waals surface area contributed by atoms with Crippen molar-refractivity contribution in [3.63, 3.8) is 0 Å². The van der Waals surface area contributed by atoms with Gasteiger partial charge in [-0.05, 0) is 67.7 Å². The molecule has 2 aromatic rings. The molecule has 2 aliphatic carbocycles. The van der Waals surface area contributed by atoms with Gasteiger partial charge in [0.2, 0.25) is 0 Å². The van der Waals surface area contributed by atoms with E-state index in [0.29, 0.717) is 0 Å². The molecule has 2 amide bonds. The van der Waals surface area contributed by atoms with E-state index < -0.39 is 0 Å². The second-order valence-corrected chi connectivity index (χ2v) is 8.43. The Bertz CT molecular complexity index is 737. The number of nitrogens with zero attached hydrogens (tertiary/aromatic N) is 1. The second kappa shape index (κ2) is 6.17. The van der Waals surface area contributed by atoms with E-state index in [1.807, 2.05) is 6.92 Å². The molecular weight excluding hydrogens is 326 g/mol. The number of carbonyl (C=O) groups excluding carboxylic acids is 1. The average molecular weight is 345 g/mol. The predicted octanol–water partition coefficient (Wildman–Crippen LogP) is 4.26. The number of benzene rings is 1. The molecule has 2 N–H and O–H groups in total. The first-order valence-electron chi connectivity index (χ1n) is 8.03. The van der Waals surface area contributed by atoms with Crippen molar-refractivity contribution in [1.29, 1.82) is 0 Å². The van der Waals surface area contributed by atoms with Gasteiger partial charge in [-0.2, -0.15) is 0 Å². The minimum absolute atomic E-state index is 0.143. The van der Waals surface area contributed by atoms with Crippen molar-refractivity contribution in [1.82, 2.24) is 9.71 Å². The molecule has 6 heteroatoms. The van der Waals surface area contributed by atoms with E-state index >= 15 is 0 Å². The van der Waals surface area contributed by atoms with Crippen LogP contribution in [0.4, 0.5) is 10.5 Å². The summed E-state index contributed by atoms with van der Waals surface area (Å²) in [6.45, 7) is 1.96. The highest BCUT2D eigenvalue weighted by Crippen LogP contribution is 2.38. The summed E-state index contributed by atoms with van der Waals surface area (Å²) in [5.41, 5.74) is 6.68. The van der Waals surface area contributed by atoms with Crippen LogP contribution in [0.3, 0.4) is 0 Å². The molecular formula is C17H19N3OS2. The molecule has 120 valence electrons. The van der Waals surface area contributed by atoms with Gasteiger partial charge in [-0.1, -0.05) is 6.07 Å². The Morgan fingerprint density at radius 2 is 1.87 bits per heavy atom. The zero-order valence-electron chi connectivity index (χ0n) is 13.1. The van der Waals surface area contributed by atoms with Gasteiger partial charge in [0, 0.05) is 17.6 Å². The Morgan fingerprint density at radius 3 is 2.48 bits per heavy atom. The average Bonchev–Trinajstić information content (AvgIpc) is 3.24. The van der Waals surface area contributed by atoms with Crippen molar-refractivity contribution >= 4 is 35.0 Å². The zero-order chi connectivity index (χ0) is 15.8. The van der Waals surface area contributed by atoms with Gasteiger partial charge < -0.3 is 5.32 Å². The fraction of sp³-hybridized carbons (Fsp3) is 0.412. The second-order valence-electron chi connectivity index (χ2n) is 6.09. The topological polar surface area (TPSA) is 54.0 Å². The Morgan fingerprint density at radius 1 is 1.17 bits per heavy atom. The number of fused-ring (bicyclic) bond motifs is 2. The number of carbonyl (C=O) groups is 1. The van der Waals surface area contributed by atoms with Crippen molar-refractivity contribution in [3.8, 4) is 0 Å². The van der Waals surface area contributed by atoms with Gasteiger partial charge in [-0.15, -0.1) is 11.3 Å². The summed E-state index contributed by atoms with van der Waals surface area (Å²) in [7, 11) is 0. The minimum Gasteiger partial charge on any atom is -0.307 e. The maximum Gasteiger partial charge on any atom is 0.329 e. The molecule has 1 aromatic carbocycles. The zero-order valence-corrected chi connectivity index (χ0v) is 14.7. The molecule has 1 heterocycles. The SMILES string of the molecule is Cc1ncc(SNC(=O)Nc2c3c(cc4c2CCC4)CCC3)s1. The van der Waals surface area contributed by atoms with E-state index in [0.717, 1.165) is 40.6 Å². The van der Waals surface area contributed by atoms with Crippen LogP contribution in [0.1, 0.15) is 40.1 Å². The molecule has 4 rings (SSSR count). The minimum atomic E-state index is -0.143. The number of urea groups is 1. The maximum absolute atomic E-state index is 12.3. The van der Waals surface area contributed by atoms with Gasteiger partial charge in [0.15, 0.2) is 0 Å². The summed E-state index contributed by atoms with van der Waals surface area (Å²) in [5.74, 6) is 0. The number of amides is 2. The molecule has 0 radical (unpaired) electrons. The third kappa shape index (κ3) is 2.97. The first kappa shape index (κ1) is 15.0. The summed E-state index contributed by atoms with van der Waals surface area (Å²) in [4.78, 5) is 16.5. The summed E-state index contributed by atoms with van der Waals surface area (Å²) in [5, 5.41) is 4.14. The number of hydrogen-bond acceptors (Lipinski definition) is 4. The summed E-state index contributed by atoms with van der Waals surface area (Å²) >= 11 is 2.91. The van der Waals surface area contributed by atoms with Crippen LogP contribution >= 0.6 is 23.3 Å². The highest BCUT2D eigenvalue weighted by Gasteiger charge is 2.24. The largest absolute Gasteiger partial charge is 0.329 e. The Balaban J connectivity index is 1.51. The number of rotatable bonds is 3. The molecule has 0 fully saturated rings. The third-order valence-electron chi connectivity index (χ3n) is 4.56. The molecule has 0 unspecified atom stereocenters. The number of aromatic nitrogens is 1. The van der Waals surface area contributed by atoms with E-state index in [4.69, 9.17) is 0 Å². The lowest BCUT2D eigenvalue weighted by Gasteiger charge is -2.16. The van der Waals surface area contributed by atoms with Crippen molar-refractivity contribution in [2.75, 3.05) is 5.32 Å². The van der Waals surface area contributed by atoms with Crippen molar-refractivity contribution in [3.05, 3.63) is 39.5 Å². The van der Waals surface area contributed by atoms with Gasteiger partial charge >= 0.3 is 6.03 Å². The Hall–Kier alpha value is -1.53. The van der Waals surface area contributed by atoms with Crippen LogP contribution in [-0.2, 0) is 25.7 Å². The third-order valence-corrected chi connectivity index (χ3v) is 6.36. The van der Waals surface area contributed by atoms with Crippen LogP contribution in [-0.4, -0.2) is 11.0 Å². The van der Waals surface area contributed by atoms with Gasteiger partial charge in [-0.25, -0.2) is 9.78 Å². The normalized spacial score (nSPS) is 15.3. The van der Waals surface area contributed by atoms with Crippen LogP contribution < -0.4 is 10.0 Å². The lowest BCUT2D eigenvalue weighted by atomic mass is 9.99. The molecule has 0 spiro atoms. The van der Waals surface area contributed by atoms with E-state index in [1.54, 1.807) is 17.5 Å². The number of hydrogen-bond donors (Lipinski definition) is 2. The number of thiazole rings is 1. The Kier molecular flexibility index (Phi) is 4.03. The number of aryl methyl sites for hydroxylation is 3. The monoisotopic (exact) mass is 345 g/mol. The van der Waals surface area contributed by atoms with Crippen LogP contribution in [0.15, 0.2) is 16.5 Å². The molecule has 1 aromatic heterocycles. The van der Waals surface area contributed by atoms with Crippen molar-refractivity contribution < 1.29 is 4.79 Å². The molecule has 0 aliphatic heterocycles. The number of anilines is 1. The van der Waals surface area contributed by atoms with E-state index in [-0.39, 0.29) is 6.03 Å². The summed E-state index contributed by atoms with van der Waals surface area (Å²) < 4.78 is 3.88. The quantitative estimate of drug-likeness (QED) is 0.817. The van der Waals surface area contributed by atoms with Gasteiger partial charge in [0.05, 0.1) is 11.2 Å². The molecule has 0 saturated carbocycles. The standard InChI is InChI=1S/C17H19N3OS2/c1-10-18-9-15(22-10)23-20-17(21)19-16-13-6-2-4-11(13)8-12-5-3-7-14(12)16/h8-9H,2-7H2,1H3,(H2,19,20,21). The fourth-order valence-corrected chi connectivity index (χ4v) is 5.10.